The summed E-state index contributed by atoms with van der Waals surface area (Å²) in [5, 5.41) is 6.28. The lowest BCUT2D eigenvalue weighted by molar-refractivity contribution is -0.0629. The molecule has 1 atom stereocenters. The van der Waals surface area contributed by atoms with E-state index < -0.39 is 32.0 Å². The number of hydrogen-bond acceptors (Lipinski definition) is 7. The molecule has 7 nitrogen and oxygen atoms in total. The molecular formula is C37H37ClF3N5O2SSi. The molecule has 1 amide bonds. The van der Waals surface area contributed by atoms with Gasteiger partial charge in [-0.05, 0) is 34.1 Å². The van der Waals surface area contributed by atoms with E-state index >= 15 is 0 Å². The van der Waals surface area contributed by atoms with Crippen LogP contribution in [-0.4, -0.2) is 59.6 Å². The first kappa shape index (κ1) is 35.9. The number of alkyl halides is 2. The molecule has 1 fully saturated rings. The van der Waals surface area contributed by atoms with E-state index in [1.165, 1.54) is 21.7 Å². The number of amides is 1. The maximum atomic E-state index is 14.2. The number of rotatable bonds is 12. The molecule has 1 aliphatic heterocycles. The Morgan fingerprint density at radius 3 is 2.18 bits per heavy atom. The molecule has 5 aromatic rings. The standard InChI is InChI=1S/C37H37ClF3N5O2SSi/c1-25(2)50(28-9-5-3-6-10-28,29-11-7-4-8-12-29)48-24-34-42-23-33(49-34)32(46-17-15-37(40,41)16-18-46)22-45-36(47)30-19-26(13-14-31(30)38)35-43-20-27(39)21-44-35/h3-14,19-21,23,25,32H,15-18,22,24H2,1-2H3,(H,45,47). The average Bonchev–Trinajstić information content (AvgIpc) is 3.59. The molecule has 1 saturated heterocycles. The average molecular weight is 736 g/mol. The molecule has 260 valence electrons. The van der Waals surface area contributed by atoms with Crippen molar-refractivity contribution in [1.29, 1.82) is 0 Å². The van der Waals surface area contributed by atoms with Gasteiger partial charge in [-0.2, -0.15) is 0 Å². The lowest BCUT2D eigenvalue weighted by atomic mass is 10.0. The van der Waals surface area contributed by atoms with E-state index in [2.05, 4.69) is 53.4 Å². The Balaban J connectivity index is 1.24. The molecule has 0 aliphatic carbocycles. The number of piperidine rings is 1. The Labute approximate surface area is 299 Å². The maximum absolute atomic E-state index is 14.2. The zero-order chi connectivity index (χ0) is 35.3. The van der Waals surface area contributed by atoms with E-state index in [0.717, 1.165) is 22.3 Å². The van der Waals surface area contributed by atoms with Crippen molar-refractivity contribution in [3.8, 4) is 11.4 Å². The van der Waals surface area contributed by atoms with Crippen molar-refractivity contribution in [3.05, 3.63) is 124 Å². The molecule has 0 bridgehead atoms. The number of carbonyl (C=O) groups excluding carboxylic acids is 1. The zero-order valence-corrected chi connectivity index (χ0v) is 30.2. The third-order valence-electron chi connectivity index (χ3n) is 9.06. The lowest BCUT2D eigenvalue weighted by Crippen LogP contribution is -2.62. The molecular weight excluding hydrogens is 699 g/mol. The molecule has 1 unspecified atom stereocenters. The summed E-state index contributed by atoms with van der Waals surface area (Å²) in [5.41, 5.74) is 0.898. The monoisotopic (exact) mass is 735 g/mol. The Bertz CT molecular complexity index is 1850. The summed E-state index contributed by atoms with van der Waals surface area (Å²) in [5.74, 6) is -3.51. The highest BCUT2D eigenvalue weighted by Gasteiger charge is 2.43. The van der Waals surface area contributed by atoms with Gasteiger partial charge in [0, 0.05) is 49.1 Å². The number of halogens is 4. The highest BCUT2D eigenvalue weighted by atomic mass is 35.5. The van der Waals surface area contributed by atoms with Gasteiger partial charge in [-0.25, -0.2) is 28.1 Å². The second-order valence-corrected chi connectivity index (χ2v) is 18.2. The second-order valence-electron chi connectivity index (χ2n) is 12.6. The minimum absolute atomic E-state index is 0.138. The molecule has 6 rings (SSSR count). The molecule has 3 aromatic carbocycles. The van der Waals surface area contributed by atoms with Crippen LogP contribution in [0.15, 0.2) is 97.5 Å². The summed E-state index contributed by atoms with van der Waals surface area (Å²) in [6, 6.07) is 25.0. The molecule has 1 aliphatic rings. The van der Waals surface area contributed by atoms with Gasteiger partial charge in [-0.15, -0.1) is 11.3 Å². The van der Waals surface area contributed by atoms with Gasteiger partial charge >= 0.3 is 0 Å². The van der Waals surface area contributed by atoms with Crippen LogP contribution in [0.2, 0.25) is 10.6 Å². The molecule has 13 heteroatoms. The Morgan fingerprint density at radius 1 is 0.960 bits per heavy atom. The molecule has 0 spiro atoms. The third kappa shape index (κ3) is 8.00. The number of benzene rings is 3. The van der Waals surface area contributed by atoms with Gasteiger partial charge in [0.2, 0.25) is 0 Å². The molecule has 0 saturated carbocycles. The van der Waals surface area contributed by atoms with Gasteiger partial charge in [-0.3, -0.25) is 9.69 Å². The van der Waals surface area contributed by atoms with Crippen molar-refractivity contribution in [2.45, 2.75) is 50.8 Å². The summed E-state index contributed by atoms with van der Waals surface area (Å²) in [6.07, 6.45) is 3.32. The van der Waals surface area contributed by atoms with E-state index in [-0.39, 0.29) is 61.0 Å². The molecule has 3 heterocycles. The number of hydrogen-bond donors (Lipinski definition) is 1. The number of thiazole rings is 1. The van der Waals surface area contributed by atoms with E-state index in [1.807, 2.05) is 41.3 Å². The first-order valence-electron chi connectivity index (χ1n) is 16.4. The second kappa shape index (κ2) is 15.5. The van der Waals surface area contributed by atoms with Crippen LogP contribution >= 0.6 is 22.9 Å². The lowest BCUT2D eigenvalue weighted by Gasteiger charge is -2.37. The van der Waals surface area contributed by atoms with Crippen LogP contribution in [-0.2, 0) is 11.0 Å². The van der Waals surface area contributed by atoms with Crippen LogP contribution in [0.4, 0.5) is 13.2 Å². The number of nitrogens with zero attached hydrogens (tertiary/aromatic N) is 4. The summed E-state index contributed by atoms with van der Waals surface area (Å²) in [7, 11) is -2.70. The van der Waals surface area contributed by atoms with E-state index in [1.54, 1.807) is 24.4 Å². The van der Waals surface area contributed by atoms with E-state index in [9.17, 15) is 18.0 Å². The number of carbonyl (C=O) groups is 1. The first-order chi connectivity index (χ1) is 24.1. The van der Waals surface area contributed by atoms with Gasteiger partial charge < -0.3 is 9.74 Å². The van der Waals surface area contributed by atoms with Gasteiger partial charge in [0.05, 0.1) is 35.6 Å². The molecule has 2 aromatic heterocycles. The van der Waals surface area contributed by atoms with Crippen LogP contribution < -0.4 is 15.7 Å². The van der Waals surface area contributed by atoms with Crippen LogP contribution in [0.25, 0.3) is 11.4 Å². The largest absolute Gasteiger partial charge is 0.401 e. The summed E-state index contributed by atoms with van der Waals surface area (Å²) < 4.78 is 48.8. The van der Waals surface area contributed by atoms with Crippen LogP contribution in [0.5, 0.6) is 0 Å². The van der Waals surface area contributed by atoms with E-state index in [0.29, 0.717) is 5.56 Å². The fourth-order valence-corrected chi connectivity index (χ4v) is 11.8. The Morgan fingerprint density at radius 2 is 1.58 bits per heavy atom. The van der Waals surface area contributed by atoms with Crippen LogP contribution in [0.1, 0.15) is 53.0 Å². The predicted octanol–water partition coefficient (Wildman–Crippen LogP) is 7.28. The number of nitrogens with one attached hydrogen (secondary N) is 1. The number of likely N-dealkylation sites (tertiary alicyclic amines) is 1. The highest BCUT2D eigenvalue weighted by Crippen LogP contribution is 2.35. The van der Waals surface area contributed by atoms with Crippen LogP contribution in [0, 0.1) is 5.82 Å². The summed E-state index contributed by atoms with van der Waals surface area (Å²) in [4.78, 5) is 29.1. The fraction of sp³-hybridized carbons (Fsp3) is 0.297. The summed E-state index contributed by atoms with van der Waals surface area (Å²) >= 11 is 7.89. The smallest absolute Gasteiger partial charge is 0.258 e. The van der Waals surface area contributed by atoms with Gasteiger partial charge in [-0.1, -0.05) is 86.1 Å². The molecule has 50 heavy (non-hydrogen) atoms. The van der Waals surface area contributed by atoms with Gasteiger partial charge in [0.1, 0.15) is 5.01 Å². The van der Waals surface area contributed by atoms with Crippen molar-refractivity contribution in [3.63, 3.8) is 0 Å². The van der Waals surface area contributed by atoms with E-state index in [4.69, 9.17) is 21.0 Å². The van der Waals surface area contributed by atoms with Crippen LogP contribution in [0.3, 0.4) is 0 Å². The SMILES string of the molecule is CC(C)[Si](OCc1ncc(C(CNC(=O)c2cc(-c3ncc(F)cn3)ccc2Cl)N2CCC(F)(F)CC2)s1)(c1ccccc1)c1ccccc1. The van der Waals surface area contributed by atoms with Gasteiger partial charge in [0.15, 0.2) is 11.6 Å². The zero-order valence-electron chi connectivity index (χ0n) is 27.7. The molecule has 1 N–H and O–H groups in total. The Hall–Kier alpha value is -3.94. The minimum atomic E-state index is -2.73. The van der Waals surface area contributed by atoms with Crippen molar-refractivity contribution >= 4 is 47.5 Å². The van der Waals surface area contributed by atoms with Crippen molar-refractivity contribution in [1.82, 2.24) is 25.2 Å². The fourth-order valence-electron chi connectivity index (χ4n) is 6.42. The summed E-state index contributed by atoms with van der Waals surface area (Å²) in [6.45, 7) is 5.14. The quantitative estimate of drug-likeness (QED) is 0.136. The maximum Gasteiger partial charge on any atom is 0.258 e. The normalized spacial score (nSPS) is 15.6. The Kier molecular flexibility index (Phi) is 11.1. The third-order valence-corrected chi connectivity index (χ3v) is 15.1. The minimum Gasteiger partial charge on any atom is -0.401 e. The van der Waals surface area contributed by atoms with Gasteiger partial charge in [0.25, 0.3) is 20.1 Å². The predicted molar refractivity (Wildman–Crippen MR) is 193 cm³/mol. The number of aromatic nitrogens is 3. The topological polar surface area (TPSA) is 80.2 Å². The molecule has 0 radical (unpaired) electrons. The first-order valence-corrected chi connectivity index (χ1v) is 19.6. The van der Waals surface area contributed by atoms with Crippen molar-refractivity contribution in [2.24, 2.45) is 0 Å². The van der Waals surface area contributed by atoms with Crippen molar-refractivity contribution in [2.75, 3.05) is 19.6 Å². The highest BCUT2D eigenvalue weighted by molar-refractivity contribution is 7.11. The van der Waals surface area contributed by atoms with Crippen molar-refractivity contribution < 1.29 is 22.4 Å².